The van der Waals surface area contributed by atoms with Crippen molar-refractivity contribution >= 4 is 58.0 Å². The Balaban J connectivity index is 1.88. The molecule has 26 heavy (non-hydrogen) atoms. The molecule has 2 heterocycles. The lowest BCUT2D eigenvalue weighted by atomic mass is 10.2. The molecule has 0 spiro atoms. The number of pyridine rings is 1. The Labute approximate surface area is 167 Å². The summed E-state index contributed by atoms with van der Waals surface area (Å²) in [6.45, 7) is 8.56. The number of nitrogens with zero attached hydrogens (tertiary/aromatic N) is 2. The molecule has 1 aromatic carbocycles. The van der Waals surface area contributed by atoms with Gasteiger partial charge in [-0.3, -0.25) is 0 Å². The van der Waals surface area contributed by atoms with Crippen LogP contribution in [0.25, 0.3) is 22.6 Å². The van der Waals surface area contributed by atoms with Crippen molar-refractivity contribution in [2.75, 3.05) is 9.44 Å². The molecule has 0 unspecified atom stereocenters. The predicted molar refractivity (Wildman–Crippen MR) is 117 cm³/mol. The van der Waals surface area contributed by atoms with Crippen LogP contribution >= 0.6 is 35.5 Å². The fourth-order valence-corrected chi connectivity index (χ4v) is 3.41. The first-order valence-electron chi connectivity index (χ1n) is 8.41. The SMILES string of the molecule is CC(C)SNc1ccc(Cl)c(-c2nc3ncc(NSC(C)C)cc3[nH]2)c1. The monoisotopic (exact) mass is 407 g/mol. The van der Waals surface area contributed by atoms with Crippen LogP contribution < -0.4 is 9.44 Å². The molecule has 0 amide bonds. The summed E-state index contributed by atoms with van der Waals surface area (Å²) in [7, 11) is 0. The van der Waals surface area contributed by atoms with E-state index in [1.54, 1.807) is 30.1 Å². The van der Waals surface area contributed by atoms with Crippen LogP contribution in [0.15, 0.2) is 30.5 Å². The van der Waals surface area contributed by atoms with Gasteiger partial charge in [0.25, 0.3) is 0 Å². The molecule has 0 aliphatic heterocycles. The van der Waals surface area contributed by atoms with Crippen molar-refractivity contribution in [3.05, 3.63) is 35.5 Å². The van der Waals surface area contributed by atoms with Crippen LogP contribution in [0.4, 0.5) is 11.4 Å². The molecular formula is C18H22ClN5S2. The fraction of sp³-hybridized carbons (Fsp3) is 0.333. The standard InChI is InChI=1S/C18H22ClN5S2/c1-10(2)25-23-12-5-6-15(19)14(7-12)17-21-16-8-13(24-26-11(3)4)9-20-18(16)22-17/h5-11,23-24H,1-4H3,(H,20,21,22). The molecule has 0 atom stereocenters. The van der Waals surface area contributed by atoms with E-state index < -0.39 is 0 Å². The second-order valence-corrected chi connectivity index (χ2v) is 9.59. The Hall–Kier alpha value is -1.57. The zero-order chi connectivity index (χ0) is 18.7. The minimum Gasteiger partial charge on any atom is -0.336 e. The number of aromatic nitrogens is 3. The summed E-state index contributed by atoms with van der Waals surface area (Å²) in [4.78, 5) is 12.4. The van der Waals surface area contributed by atoms with Crippen LogP contribution in [0.1, 0.15) is 27.7 Å². The van der Waals surface area contributed by atoms with Crippen LogP contribution in [0.5, 0.6) is 0 Å². The lowest BCUT2D eigenvalue weighted by Gasteiger charge is -2.09. The third-order valence-corrected chi connectivity index (χ3v) is 5.36. The van der Waals surface area contributed by atoms with Crippen LogP contribution in [0.2, 0.25) is 5.02 Å². The van der Waals surface area contributed by atoms with Gasteiger partial charge in [0.2, 0.25) is 0 Å². The smallest absolute Gasteiger partial charge is 0.178 e. The number of fused-ring (bicyclic) bond motifs is 1. The van der Waals surface area contributed by atoms with Crippen molar-refractivity contribution in [2.45, 2.75) is 38.2 Å². The highest BCUT2D eigenvalue weighted by molar-refractivity contribution is 8.01. The minimum atomic E-state index is 0.485. The maximum Gasteiger partial charge on any atom is 0.178 e. The summed E-state index contributed by atoms with van der Waals surface area (Å²) in [6.07, 6.45) is 1.79. The molecule has 5 nitrogen and oxygen atoms in total. The molecule has 0 saturated carbocycles. The molecule has 0 radical (unpaired) electrons. The molecule has 3 N–H and O–H groups in total. The zero-order valence-corrected chi connectivity index (χ0v) is 17.5. The summed E-state index contributed by atoms with van der Waals surface area (Å²) in [5.74, 6) is 0.712. The predicted octanol–water partition coefficient (Wildman–Crippen LogP) is 6.22. The lowest BCUT2D eigenvalue weighted by Crippen LogP contribution is -1.95. The minimum absolute atomic E-state index is 0.485. The van der Waals surface area contributed by atoms with E-state index in [1.807, 2.05) is 24.3 Å². The molecule has 0 aliphatic rings. The van der Waals surface area contributed by atoms with Gasteiger partial charge >= 0.3 is 0 Å². The lowest BCUT2D eigenvalue weighted by molar-refractivity contribution is 1.12. The number of H-pyrrole nitrogens is 1. The first-order chi connectivity index (χ1) is 12.4. The van der Waals surface area contributed by atoms with Crippen molar-refractivity contribution in [3.8, 4) is 11.4 Å². The summed E-state index contributed by atoms with van der Waals surface area (Å²) in [6, 6.07) is 7.86. The number of halogens is 1. The van der Waals surface area contributed by atoms with Crippen LogP contribution in [0, 0.1) is 0 Å². The summed E-state index contributed by atoms with van der Waals surface area (Å²) in [5.41, 5.74) is 4.34. The Morgan fingerprint density at radius 3 is 2.38 bits per heavy atom. The highest BCUT2D eigenvalue weighted by Gasteiger charge is 2.12. The zero-order valence-electron chi connectivity index (χ0n) is 15.1. The number of nitrogens with one attached hydrogen (secondary N) is 3. The van der Waals surface area contributed by atoms with Gasteiger partial charge in [-0.15, -0.1) is 0 Å². The number of hydrogen-bond donors (Lipinski definition) is 3. The molecule has 3 aromatic rings. The van der Waals surface area contributed by atoms with Crippen LogP contribution in [-0.2, 0) is 0 Å². The first-order valence-corrected chi connectivity index (χ1v) is 10.5. The number of anilines is 2. The normalized spacial score (nSPS) is 11.5. The molecule has 8 heteroatoms. The van der Waals surface area contributed by atoms with Gasteiger partial charge in [0, 0.05) is 21.8 Å². The summed E-state index contributed by atoms with van der Waals surface area (Å²) < 4.78 is 6.64. The van der Waals surface area contributed by atoms with Gasteiger partial charge in [-0.25, -0.2) is 9.97 Å². The van der Waals surface area contributed by atoms with E-state index in [0.717, 1.165) is 22.5 Å². The average Bonchev–Trinajstić information content (AvgIpc) is 3.02. The Morgan fingerprint density at radius 1 is 1.00 bits per heavy atom. The maximum atomic E-state index is 6.41. The average molecular weight is 408 g/mol. The van der Waals surface area contributed by atoms with E-state index in [9.17, 15) is 0 Å². The van der Waals surface area contributed by atoms with E-state index >= 15 is 0 Å². The Morgan fingerprint density at radius 2 is 1.69 bits per heavy atom. The molecule has 0 fully saturated rings. The van der Waals surface area contributed by atoms with Gasteiger partial charge < -0.3 is 14.4 Å². The maximum absolute atomic E-state index is 6.41. The van der Waals surface area contributed by atoms with Crippen molar-refractivity contribution < 1.29 is 0 Å². The second-order valence-electron chi connectivity index (χ2n) is 6.41. The third-order valence-electron chi connectivity index (χ3n) is 3.38. The van der Waals surface area contributed by atoms with Gasteiger partial charge in [0.1, 0.15) is 5.82 Å². The van der Waals surface area contributed by atoms with Gasteiger partial charge in [-0.2, -0.15) is 0 Å². The highest BCUT2D eigenvalue weighted by Crippen LogP contribution is 2.31. The summed E-state index contributed by atoms with van der Waals surface area (Å²) in [5, 5.41) is 1.62. The van der Waals surface area contributed by atoms with Gasteiger partial charge in [0.05, 0.1) is 22.4 Å². The fourth-order valence-electron chi connectivity index (χ4n) is 2.23. The molecule has 0 saturated heterocycles. The number of rotatable bonds is 7. The first kappa shape index (κ1) is 19.2. The second kappa shape index (κ2) is 8.41. The van der Waals surface area contributed by atoms with Gasteiger partial charge in [-0.05, 0) is 48.2 Å². The number of benzene rings is 1. The van der Waals surface area contributed by atoms with E-state index in [4.69, 9.17) is 11.6 Å². The number of aromatic amines is 1. The number of hydrogen-bond acceptors (Lipinski definition) is 6. The van der Waals surface area contributed by atoms with E-state index in [1.165, 1.54) is 0 Å². The molecule has 3 rings (SSSR count). The Kier molecular flexibility index (Phi) is 6.21. The molecule has 138 valence electrons. The number of imidazole rings is 1. The van der Waals surface area contributed by atoms with E-state index in [2.05, 4.69) is 52.1 Å². The topological polar surface area (TPSA) is 65.6 Å². The van der Waals surface area contributed by atoms with E-state index in [0.29, 0.717) is 27.0 Å². The molecular weight excluding hydrogens is 386 g/mol. The molecule has 2 aromatic heterocycles. The van der Waals surface area contributed by atoms with Crippen LogP contribution in [-0.4, -0.2) is 25.5 Å². The summed E-state index contributed by atoms with van der Waals surface area (Å²) >= 11 is 9.72. The van der Waals surface area contributed by atoms with Crippen molar-refractivity contribution in [1.82, 2.24) is 15.0 Å². The van der Waals surface area contributed by atoms with Crippen LogP contribution in [0.3, 0.4) is 0 Å². The van der Waals surface area contributed by atoms with Crippen molar-refractivity contribution in [1.29, 1.82) is 0 Å². The molecule has 0 bridgehead atoms. The quantitative estimate of drug-likeness (QED) is 0.404. The largest absolute Gasteiger partial charge is 0.336 e. The highest BCUT2D eigenvalue weighted by atomic mass is 35.5. The van der Waals surface area contributed by atoms with Gasteiger partial charge in [0.15, 0.2) is 5.65 Å². The van der Waals surface area contributed by atoms with Crippen molar-refractivity contribution in [2.24, 2.45) is 0 Å². The van der Waals surface area contributed by atoms with Gasteiger partial charge in [-0.1, -0.05) is 39.3 Å². The third kappa shape index (κ3) is 4.78. The van der Waals surface area contributed by atoms with Crippen molar-refractivity contribution in [3.63, 3.8) is 0 Å². The Bertz CT molecular complexity index is 894. The van der Waals surface area contributed by atoms with E-state index in [-0.39, 0.29) is 0 Å². The molecule has 0 aliphatic carbocycles.